The summed E-state index contributed by atoms with van der Waals surface area (Å²) in [5.41, 5.74) is 7.95. The van der Waals surface area contributed by atoms with Crippen molar-refractivity contribution in [2.75, 3.05) is 0 Å². The van der Waals surface area contributed by atoms with Gasteiger partial charge in [-0.2, -0.15) is 5.10 Å². The zero-order valence-corrected chi connectivity index (χ0v) is 12.0. The van der Waals surface area contributed by atoms with Crippen molar-refractivity contribution < 1.29 is 4.42 Å². The van der Waals surface area contributed by atoms with E-state index < -0.39 is 6.04 Å². The monoisotopic (exact) mass is 289 g/mol. The van der Waals surface area contributed by atoms with E-state index in [-0.39, 0.29) is 0 Å². The Morgan fingerprint density at radius 3 is 2.95 bits per heavy atom. The summed E-state index contributed by atoms with van der Waals surface area (Å²) in [5, 5.41) is 5.88. The maximum atomic E-state index is 6.32. The Kier molecular flexibility index (Phi) is 3.51. The first kappa shape index (κ1) is 13.2. The van der Waals surface area contributed by atoms with Gasteiger partial charge >= 0.3 is 0 Å². The van der Waals surface area contributed by atoms with Gasteiger partial charge in [0.05, 0.1) is 16.9 Å². The van der Waals surface area contributed by atoms with Gasteiger partial charge in [0.2, 0.25) is 0 Å². The van der Waals surface area contributed by atoms with Crippen molar-refractivity contribution in [1.29, 1.82) is 0 Å². The van der Waals surface area contributed by atoms with Gasteiger partial charge in [-0.05, 0) is 18.6 Å². The molecule has 4 nitrogen and oxygen atoms in total. The summed E-state index contributed by atoms with van der Waals surface area (Å²) in [6.45, 7) is 2.88. The first-order valence-electron chi connectivity index (χ1n) is 6.66. The number of hydrogen-bond donors (Lipinski definition) is 1. The van der Waals surface area contributed by atoms with E-state index in [9.17, 15) is 0 Å². The average molecular weight is 290 g/mol. The van der Waals surface area contributed by atoms with Gasteiger partial charge < -0.3 is 10.2 Å². The molecule has 5 heteroatoms. The Morgan fingerprint density at radius 2 is 2.20 bits per heavy atom. The highest BCUT2D eigenvalue weighted by molar-refractivity contribution is 6.31. The summed E-state index contributed by atoms with van der Waals surface area (Å²) < 4.78 is 7.66. The lowest BCUT2D eigenvalue weighted by Gasteiger charge is -2.12. The van der Waals surface area contributed by atoms with E-state index in [4.69, 9.17) is 21.8 Å². The Bertz CT molecular complexity index is 699. The molecule has 1 atom stereocenters. The molecular weight excluding hydrogens is 274 g/mol. The predicted octanol–water partition coefficient (Wildman–Crippen LogP) is 3.74. The zero-order chi connectivity index (χ0) is 14.1. The normalized spacial score (nSPS) is 12.9. The van der Waals surface area contributed by atoms with Crippen molar-refractivity contribution in [2.45, 2.75) is 25.9 Å². The van der Waals surface area contributed by atoms with Crippen molar-refractivity contribution in [1.82, 2.24) is 9.78 Å². The largest absolute Gasteiger partial charge is 0.459 e. The van der Waals surface area contributed by atoms with Gasteiger partial charge in [0.25, 0.3) is 0 Å². The second kappa shape index (κ2) is 5.31. The molecule has 0 amide bonds. The van der Waals surface area contributed by atoms with Crippen LogP contribution in [-0.4, -0.2) is 9.78 Å². The molecular formula is C15H16ClN3O. The third kappa shape index (κ3) is 2.21. The lowest BCUT2D eigenvalue weighted by molar-refractivity contribution is 0.492. The van der Waals surface area contributed by atoms with Crippen LogP contribution in [0.3, 0.4) is 0 Å². The van der Waals surface area contributed by atoms with Crippen molar-refractivity contribution in [2.24, 2.45) is 5.73 Å². The molecule has 2 aromatic heterocycles. The number of nitrogens with zero attached hydrogens (tertiary/aromatic N) is 2. The van der Waals surface area contributed by atoms with Crippen LogP contribution in [0.5, 0.6) is 0 Å². The standard InChI is InChI=1S/C15H16ClN3O/c1-2-7-19-15(11(16)9-18-19)14(17)13-8-10-5-3-4-6-12(10)20-13/h3-6,8-9,14H,2,7,17H2,1H3. The Morgan fingerprint density at radius 1 is 1.40 bits per heavy atom. The second-order valence-electron chi connectivity index (χ2n) is 4.77. The van der Waals surface area contributed by atoms with Crippen molar-refractivity contribution in [3.05, 3.63) is 53.0 Å². The minimum atomic E-state index is -0.413. The molecule has 2 heterocycles. The number of aryl methyl sites for hydroxylation is 1. The Hall–Kier alpha value is -1.78. The highest BCUT2D eigenvalue weighted by atomic mass is 35.5. The number of furan rings is 1. The van der Waals surface area contributed by atoms with Crippen molar-refractivity contribution in [3.8, 4) is 0 Å². The van der Waals surface area contributed by atoms with Crippen molar-refractivity contribution >= 4 is 22.6 Å². The molecule has 0 saturated carbocycles. The van der Waals surface area contributed by atoms with Gasteiger partial charge in [0.1, 0.15) is 17.4 Å². The van der Waals surface area contributed by atoms with Crippen LogP contribution in [-0.2, 0) is 6.54 Å². The molecule has 1 aromatic carbocycles. The molecule has 0 bridgehead atoms. The van der Waals surface area contributed by atoms with Gasteiger partial charge in [0, 0.05) is 11.9 Å². The summed E-state index contributed by atoms with van der Waals surface area (Å²) in [6.07, 6.45) is 2.60. The fourth-order valence-corrected chi connectivity index (χ4v) is 2.62. The first-order valence-corrected chi connectivity index (χ1v) is 7.03. The highest BCUT2D eigenvalue weighted by Crippen LogP contribution is 2.30. The van der Waals surface area contributed by atoms with E-state index >= 15 is 0 Å². The van der Waals surface area contributed by atoms with E-state index in [0.717, 1.165) is 29.6 Å². The summed E-state index contributed by atoms with van der Waals surface area (Å²) >= 11 is 6.22. The van der Waals surface area contributed by atoms with Gasteiger partial charge in [-0.1, -0.05) is 36.7 Å². The fraction of sp³-hybridized carbons (Fsp3) is 0.267. The lowest BCUT2D eigenvalue weighted by Crippen LogP contribution is -2.17. The van der Waals surface area contributed by atoms with Gasteiger partial charge in [0.15, 0.2) is 0 Å². The molecule has 3 aromatic rings. The minimum Gasteiger partial charge on any atom is -0.459 e. The lowest BCUT2D eigenvalue weighted by atomic mass is 10.1. The number of para-hydroxylation sites is 1. The number of halogens is 1. The number of benzene rings is 1. The van der Waals surface area contributed by atoms with Crippen LogP contribution in [0, 0.1) is 0 Å². The van der Waals surface area contributed by atoms with Crippen LogP contribution in [0.25, 0.3) is 11.0 Å². The van der Waals surface area contributed by atoms with Gasteiger partial charge in [-0.25, -0.2) is 0 Å². The van der Waals surface area contributed by atoms with Gasteiger partial charge in [-0.3, -0.25) is 4.68 Å². The molecule has 1 unspecified atom stereocenters. The quantitative estimate of drug-likeness (QED) is 0.796. The zero-order valence-electron chi connectivity index (χ0n) is 11.2. The number of rotatable bonds is 4. The smallest absolute Gasteiger partial charge is 0.134 e. The summed E-state index contributed by atoms with van der Waals surface area (Å²) in [4.78, 5) is 0. The number of hydrogen-bond acceptors (Lipinski definition) is 3. The topological polar surface area (TPSA) is 57.0 Å². The van der Waals surface area contributed by atoms with Crippen LogP contribution in [0.4, 0.5) is 0 Å². The SMILES string of the molecule is CCCn1ncc(Cl)c1C(N)c1cc2ccccc2o1. The van der Waals surface area contributed by atoms with E-state index in [1.807, 2.05) is 35.0 Å². The Balaban J connectivity index is 2.03. The van der Waals surface area contributed by atoms with E-state index in [0.29, 0.717) is 10.8 Å². The molecule has 0 aliphatic heterocycles. The molecule has 0 radical (unpaired) electrons. The highest BCUT2D eigenvalue weighted by Gasteiger charge is 2.21. The molecule has 104 valence electrons. The Labute approximate surface area is 122 Å². The number of nitrogens with two attached hydrogens (primary N) is 1. The molecule has 0 aliphatic rings. The van der Waals surface area contributed by atoms with E-state index in [2.05, 4.69) is 12.0 Å². The second-order valence-corrected chi connectivity index (χ2v) is 5.17. The molecule has 0 aliphatic carbocycles. The molecule has 2 N–H and O–H groups in total. The van der Waals surface area contributed by atoms with Crippen LogP contribution >= 0.6 is 11.6 Å². The third-order valence-electron chi connectivity index (χ3n) is 3.31. The van der Waals surface area contributed by atoms with Crippen LogP contribution in [0.1, 0.15) is 30.8 Å². The average Bonchev–Trinajstić information content (AvgIpc) is 3.02. The van der Waals surface area contributed by atoms with Crippen LogP contribution in [0.2, 0.25) is 5.02 Å². The molecule has 20 heavy (non-hydrogen) atoms. The maximum absolute atomic E-state index is 6.32. The number of fused-ring (bicyclic) bond motifs is 1. The first-order chi connectivity index (χ1) is 9.70. The maximum Gasteiger partial charge on any atom is 0.134 e. The summed E-state index contributed by atoms with van der Waals surface area (Å²) in [6, 6.07) is 9.39. The van der Waals surface area contributed by atoms with Gasteiger partial charge in [-0.15, -0.1) is 0 Å². The van der Waals surface area contributed by atoms with Crippen LogP contribution in [0.15, 0.2) is 40.9 Å². The molecule has 0 spiro atoms. The number of aromatic nitrogens is 2. The van der Waals surface area contributed by atoms with Crippen molar-refractivity contribution in [3.63, 3.8) is 0 Å². The minimum absolute atomic E-state index is 0.413. The van der Waals surface area contributed by atoms with Crippen LogP contribution < -0.4 is 5.73 Å². The van der Waals surface area contributed by atoms with E-state index in [1.165, 1.54) is 0 Å². The third-order valence-corrected chi connectivity index (χ3v) is 3.61. The fourth-order valence-electron chi connectivity index (χ4n) is 2.36. The molecule has 0 saturated heterocycles. The van der Waals surface area contributed by atoms with E-state index in [1.54, 1.807) is 6.20 Å². The molecule has 0 fully saturated rings. The predicted molar refractivity (Wildman–Crippen MR) is 79.8 cm³/mol. The summed E-state index contributed by atoms with van der Waals surface area (Å²) in [5.74, 6) is 0.700. The molecule has 3 rings (SSSR count). The summed E-state index contributed by atoms with van der Waals surface area (Å²) in [7, 11) is 0.